The number of aryl methyl sites for hydroxylation is 1. The van der Waals surface area contributed by atoms with Crippen molar-refractivity contribution in [3.05, 3.63) is 70.5 Å². The zero-order valence-electron chi connectivity index (χ0n) is 14.3. The van der Waals surface area contributed by atoms with Gasteiger partial charge in [0.1, 0.15) is 22.9 Å². The third kappa shape index (κ3) is 4.66. The summed E-state index contributed by atoms with van der Waals surface area (Å²) in [7, 11) is 0. The number of amides is 2. The van der Waals surface area contributed by atoms with Gasteiger partial charge < -0.3 is 4.74 Å². The van der Waals surface area contributed by atoms with Crippen molar-refractivity contribution in [1.82, 2.24) is 15.4 Å². The van der Waals surface area contributed by atoms with Crippen LogP contribution in [0.3, 0.4) is 0 Å². The van der Waals surface area contributed by atoms with E-state index in [1.54, 1.807) is 30.6 Å². The molecule has 3 aromatic rings. The van der Waals surface area contributed by atoms with Crippen LogP contribution in [0, 0.1) is 6.92 Å². The predicted octanol–water partition coefficient (Wildman–Crippen LogP) is 2.80. The number of nitrogens with zero attached hydrogens (tertiary/aromatic N) is 2. The van der Waals surface area contributed by atoms with Crippen LogP contribution in [-0.4, -0.2) is 27.0 Å². The first-order chi connectivity index (χ1) is 13.1. The van der Waals surface area contributed by atoms with Gasteiger partial charge in [-0.1, -0.05) is 35.6 Å². The van der Waals surface area contributed by atoms with E-state index in [1.807, 2.05) is 30.3 Å². The molecule has 3 N–H and O–H groups in total. The number of carbonyl (C=O) groups is 2. The number of hydrogen-bond acceptors (Lipinski definition) is 7. The first kappa shape index (κ1) is 18.5. The summed E-state index contributed by atoms with van der Waals surface area (Å²) < 4.78 is 5.63. The molecule has 0 spiro atoms. The average molecular weight is 384 g/mol. The molecule has 0 fully saturated rings. The average Bonchev–Trinajstić information content (AvgIpc) is 3.06. The molecule has 138 valence electrons. The first-order valence-corrected chi connectivity index (χ1v) is 8.75. The van der Waals surface area contributed by atoms with Crippen LogP contribution >= 0.6 is 11.3 Å². The van der Waals surface area contributed by atoms with E-state index in [-0.39, 0.29) is 22.3 Å². The molecule has 2 heterocycles. The van der Waals surface area contributed by atoms with Crippen molar-refractivity contribution < 1.29 is 19.5 Å². The van der Waals surface area contributed by atoms with E-state index >= 15 is 0 Å². The maximum atomic E-state index is 12.4. The second kappa shape index (κ2) is 8.39. The second-order valence-corrected chi connectivity index (χ2v) is 6.44. The number of benzene rings is 1. The smallest absolute Gasteiger partial charge is 0.286 e. The summed E-state index contributed by atoms with van der Waals surface area (Å²) in [4.78, 5) is 32.5. The molecule has 0 aliphatic rings. The Morgan fingerprint density at radius 1 is 1.07 bits per heavy atom. The topological polar surface area (TPSA) is 113 Å². The summed E-state index contributed by atoms with van der Waals surface area (Å²) in [5.74, 6) is -0.424. The molecule has 0 aliphatic carbocycles. The highest BCUT2D eigenvalue weighted by Gasteiger charge is 2.17. The van der Waals surface area contributed by atoms with Gasteiger partial charge in [0.05, 0.1) is 11.4 Å². The second-order valence-electron chi connectivity index (χ2n) is 5.44. The number of ether oxygens (including phenoxy) is 1. The number of pyridine rings is 1. The van der Waals surface area contributed by atoms with E-state index in [9.17, 15) is 9.59 Å². The number of aromatic nitrogens is 2. The van der Waals surface area contributed by atoms with Crippen LogP contribution in [0.4, 0.5) is 5.13 Å². The van der Waals surface area contributed by atoms with Gasteiger partial charge in [-0.3, -0.25) is 20.1 Å². The van der Waals surface area contributed by atoms with Gasteiger partial charge in [0.15, 0.2) is 5.13 Å². The highest BCUT2D eigenvalue weighted by molar-refractivity contribution is 7.17. The molecule has 27 heavy (non-hydrogen) atoms. The quantitative estimate of drug-likeness (QED) is 0.445. The Bertz CT molecular complexity index is 959. The summed E-state index contributed by atoms with van der Waals surface area (Å²) in [5, 5.41) is 11.6. The van der Waals surface area contributed by atoms with Crippen LogP contribution in [0.25, 0.3) is 0 Å². The number of nitrogens with one attached hydrogen (secondary N) is 2. The van der Waals surface area contributed by atoms with Gasteiger partial charge in [-0.15, -0.1) is 0 Å². The Kier molecular flexibility index (Phi) is 5.74. The molecule has 2 amide bonds. The van der Waals surface area contributed by atoms with Crippen molar-refractivity contribution in [3.63, 3.8) is 0 Å². The van der Waals surface area contributed by atoms with E-state index in [2.05, 4.69) is 15.3 Å². The lowest BCUT2D eigenvalue weighted by molar-refractivity contribution is 0.0710. The molecule has 0 aliphatic heterocycles. The Labute approximate surface area is 158 Å². The van der Waals surface area contributed by atoms with Crippen molar-refractivity contribution >= 4 is 28.3 Å². The molecule has 0 saturated heterocycles. The number of hydroxylamine groups is 1. The lowest BCUT2D eigenvalue weighted by Crippen LogP contribution is -2.18. The molecular weight excluding hydrogens is 368 g/mol. The predicted molar refractivity (Wildman–Crippen MR) is 99.1 cm³/mol. The zero-order chi connectivity index (χ0) is 19.2. The standard InChI is InChI=1S/C18H16N4O4S/c1-11-15(17(24)22-25)27-18(19-11)21-16(23)14-9-5-6-12(20-14)10-26-13-7-3-2-4-8-13/h2-9,25H,10H2,1H3,(H,22,24)(H,19,21,23). The molecule has 9 heteroatoms. The van der Waals surface area contributed by atoms with Crippen LogP contribution < -0.4 is 15.5 Å². The number of carbonyl (C=O) groups excluding carboxylic acids is 2. The zero-order valence-corrected chi connectivity index (χ0v) is 15.1. The van der Waals surface area contributed by atoms with Crippen LogP contribution in [0.1, 0.15) is 31.5 Å². The number of rotatable bonds is 6. The van der Waals surface area contributed by atoms with E-state index in [0.717, 1.165) is 11.3 Å². The van der Waals surface area contributed by atoms with E-state index in [0.29, 0.717) is 17.1 Å². The van der Waals surface area contributed by atoms with E-state index in [1.165, 1.54) is 0 Å². The number of hydrogen-bond donors (Lipinski definition) is 3. The van der Waals surface area contributed by atoms with E-state index in [4.69, 9.17) is 9.94 Å². The fraction of sp³-hybridized carbons (Fsp3) is 0.111. The normalized spacial score (nSPS) is 10.3. The molecule has 1 aromatic carbocycles. The third-order valence-electron chi connectivity index (χ3n) is 3.49. The van der Waals surface area contributed by atoms with Gasteiger partial charge in [0.2, 0.25) is 0 Å². The van der Waals surface area contributed by atoms with Gasteiger partial charge in [-0.2, -0.15) is 0 Å². The SMILES string of the molecule is Cc1nc(NC(=O)c2cccc(COc3ccccc3)n2)sc1C(=O)NO. The van der Waals surface area contributed by atoms with Crippen molar-refractivity contribution in [2.24, 2.45) is 0 Å². The lowest BCUT2D eigenvalue weighted by atomic mass is 10.3. The maximum Gasteiger partial charge on any atom is 0.286 e. The van der Waals surface area contributed by atoms with Gasteiger partial charge >= 0.3 is 0 Å². The summed E-state index contributed by atoms with van der Waals surface area (Å²) >= 11 is 0.959. The molecule has 0 bridgehead atoms. The molecule has 8 nitrogen and oxygen atoms in total. The van der Waals surface area contributed by atoms with Gasteiger partial charge in [0, 0.05) is 0 Å². The minimum Gasteiger partial charge on any atom is -0.487 e. The Hall–Kier alpha value is -3.30. The number of thiazole rings is 1. The highest BCUT2D eigenvalue weighted by Crippen LogP contribution is 2.22. The van der Waals surface area contributed by atoms with Crippen LogP contribution in [0.5, 0.6) is 5.75 Å². The fourth-order valence-electron chi connectivity index (χ4n) is 2.23. The Morgan fingerprint density at radius 3 is 2.59 bits per heavy atom. The molecular formula is C18H16N4O4S. The highest BCUT2D eigenvalue weighted by atomic mass is 32.1. The molecule has 0 atom stereocenters. The van der Waals surface area contributed by atoms with Crippen LogP contribution in [0.2, 0.25) is 0 Å². The van der Waals surface area contributed by atoms with Crippen molar-refractivity contribution in [1.29, 1.82) is 0 Å². The minimum atomic E-state index is -0.677. The van der Waals surface area contributed by atoms with Crippen molar-refractivity contribution in [2.75, 3.05) is 5.32 Å². The monoisotopic (exact) mass is 384 g/mol. The summed E-state index contributed by atoms with van der Waals surface area (Å²) in [6.45, 7) is 1.83. The number of anilines is 1. The van der Waals surface area contributed by atoms with Crippen molar-refractivity contribution in [2.45, 2.75) is 13.5 Å². The summed E-state index contributed by atoms with van der Waals surface area (Å²) in [6, 6.07) is 14.3. The maximum absolute atomic E-state index is 12.4. The minimum absolute atomic E-state index is 0.199. The van der Waals surface area contributed by atoms with Gasteiger partial charge in [-0.05, 0) is 31.2 Å². The molecule has 2 aromatic heterocycles. The Morgan fingerprint density at radius 2 is 1.85 bits per heavy atom. The largest absolute Gasteiger partial charge is 0.487 e. The summed E-state index contributed by atoms with van der Waals surface area (Å²) in [5.41, 5.74) is 2.75. The molecule has 0 saturated carbocycles. The molecule has 0 radical (unpaired) electrons. The van der Waals surface area contributed by atoms with E-state index < -0.39 is 11.8 Å². The summed E-state index contributed by atoms with van der Waals surface area (Å²) in [6.07, 6.45) is 0. The van der Waals surface area contributed by atoms with Crippen molar-refractivity contribution in [3.8, 4) is 5.75 Å². The van der Waals surface area contributed by atoms with Gasteiger partial charge in [-0.25, -0.2) is 15.4 Å². The Balaban J connectivity index is 1.67. The van der Waals surface area contributed by atoms with Crippen LogP contribution in [-0.2, 0) is 6.61 Å². The first-order valence-electron chi connectivity index (χ1n) is 7.94. The molecule has 0 unspecified atom stereocenters. The number of para-hydroxylation sites is 1. The van der Waals surface area contributed by atoms with Gasteiger partial charge in [0.25, 0.3) is 11.8 Å². The fourth-order valence-corrected chi connectivity index (χ4v) is 3.08. The molecule has 3 rings (SSSR count). The third-order valence-corrected chi connectivity index (χ3v) is 4.57. The van der Waals surface area contributed by atoms with Crippen LogP contribution in [0.15, 0.2) is 48.5 Å². The lowest BCUT2D eigenvalue weighted by Gasteiger charge is -2.07.